The molecule has 2 aliphatic rings. The molecule has 3 atom stereocenters. The number of rotatable bonds is 1. The lowest BCUT2D eigenvalue weighted by molar-refractivity contribution is -0.132. The molecule has 86 valence electrons. The van der Waals surface area contributed by atoms with E-state index in [2.05, 4.69) is 5.32 Å². The maximum Gasteiger partial charge on any atom is 0.239 e. The van der Waals surface area contributed by atoms with E-state index in [0.29, 0.717) is 0 Å². The van der Waals surface area contributed by atoms with Crippen molar-refractivity contribution in [3.05, 3.63) is 0 Å². The lowest BCUT2D eigenvalue weighted by atomic mass is 9.73. The Balaban J connectivity index is 1.93. The van der Waals surface area contributed by atoms with Gasteiger partial charge in [-0.2, -0.15) is 0 Å². The topological polar surface area (TPSA) is 32.3 Å². The molecular weight excluding hydrogens is 188 g/mol. The molecule has 0 aromatic rings. The molecular formula is C12H22N2O. The molecule has 0 bridgehead atoms. The van der Waals surface area contributed by atoms with Crippen molar-refractivity contribution in [1.82, 2.24) is 10.2 Å². The maximum absolute atomic E-state index is 11.8. The predicted molar refractivity (Wildman–Crippen MR) is 60.5 cm³/mol. The fourth-order valence-corrected chi connectivity index (χ4v) is 3.04. The number of hydrogen-bond donors (Lipinski definition) is 1. The maximum atomic E-state index is 11.8. The van der Waals surface area contributed by atoms with Gasteiger partial charge in [-0.25, -0.2) is 0 Å². The summed E-state index contributed by atoms with van der Waals surface area (Å²) in [6.45, 7) is 1.05. The van der Waals surface area contributed by atoms with Crippen LogP contribution in [0.1, 0.15) is 32.1 Å². The fraction of sp³-hybridized carbons (Fsp3) is 0.917. The van der Waals surface area contributed by atoms with Crippen LogP contribution in [-0.4, -0.2) is 37.5 Å². The highest BCUT2D eigenvalue weighted by atomic mass is 16.2. The number of piperidine rings is 1. The summed E-state index contributed by atoms with van der Waals surface area (Å²) in [5.74, 6) is 1.89. The summed E-state index contributed by atoms with van der Waals surface area (Å²) in [6.07, 6.45) is 6.50. The van der Waals surface area contributed by atoms with Gasteiger partial charge in [-0.05, 0) is 31.2 Å². The Morgan fingerprint density at radius 2 is 1.87 bits per heavy atom. The number of likely N-dealkylation sites (N-methyl/N-ethyl adjacent to an activating group) is 1. The van der Waals surface area contributed by atoms with Gasteiger partial charge in [-0.1, -0.05) is 19.3 Å². The molecule has 1 amide bonds. The largest absolute Gasteiger partial charge is 0.347 e. The molecule has 3 heteroatoms. The Morgan fingerprint density at radius 3 is 2.53 bits per heavy atom. The van der Waals surface area contributed by atoms with E-state index in [-0.39, 0.29) is 11.9 Å². The zero-order valence-electron chi connectivity index (χ0n) is 9.83. The minimum atomic E-state index is 0.0827. The molecule has 0 aromatic heterocycles. The van der Waals surface area contributed by atoms with Crippen molar-refractivity contribution in [3.8, 4) is 0 Å². The summed E-state index contributed by atoms with van der Waals surface area (Å²) >= 11 is 0. The number of nitrogens with zero attached hydrogens (tertiary/aromatic N) is 1. The molecule has 0 radical (unpaired) electrons. The summed E-state index contributed by atoms with van der Waals surface area (Å²) in [5.41, 5.74) is 0. The molecule has 1 saturated heterocycles. The summed E-state index contributed by atoms with van der Waals surface area (Å²) in [6, 6.07) is 0.0827. The average Bonchev–Trinajstić information content (AvgIpc) is 2.27. The minimum Gasteiger partial charge on any atom is -0.347 e. The Kier molecular flexibility index (Phi) is 3.29. The van der Waals surface area contributed by atoms with Crippen LogP contribution in [0.4, 0.5) is 0 Å². The van der Waals surface area contributed by atoms with Crippen molar-refractivity contribution in [2.45, 2.75) is 38.1 Å². The van der Waals surface area contributed by atoms with E-state index in [0.717, 1.165) is 24.8 Å². The highest BCUT2D eigenvalue weighted by Gasteiger charge is 2.35. The summed E-state index contributed by atoms with van der Waals surface area (Å²) in [4.78, 5) is 13.5. The minimum absolute atomic E-state index is 0.0827. The number of fused-ring (bicyclic) bond motifs is 1. The van der Waals surface area contributed by atoms with Crippen LogP contribution in [0.15, 0.2) is 0 Å². The molecule has 3 nitrogen and oxygen atoms in total. The summed E-state index contributed by atoms with van der Waals surface area (Å²) in [5, 5.41) is 3.41. The van der Waals surface area contributed by atoms with Gasteiger partial charge in [0.25, 0.3) is 0 Å². The molecule has 3 unspecified atom stereocenters. The smallest absolute Gasteiger partial charge is 0.239 e. The number of carbonyl (C=O) groups excluding carboxylic acids is 1. The van der Waals surface area contributed by atoms with Crippen LogP contribution in [-0.2, 0) is 4.79 Å². The third-order valence-electron chi connectivity index (χ3n) is 3.97. The van der Waals surface area contributed by atoms with Crippen molar-refractivity contribution in [3.63, 3.8) is 0 Å². The Bertz CT molecular complexity index is 240. The lowest BCUT2D eigenvalue weighted by Gasteiger charge is -2.40. The SMILES string of the molecule is CN(C)C(=O)C1CC2CCCCC2CN1. The van der Waals surface area contributed by atoms with Crippen LogP contribution in [0.5, 0.6) is 0 Å². The van der Waals surface area contributed by atoms with E-state index in [4.69, 9.17) is 0 Å². The van der Waals surface area contributed by atoms with Crippen LogP contribution in [0.25, 0.3) is 0 Å². The molecule has 1 saturated carbocycles. The highest BCUT2D eigenvalue weighted by Crippen LogP contribution is 2.35. The van der Waals surface area contributed by atoms with Gasteiger partial charge in [0.1, 0.15) is 0 Å². The van der Waals surface area contributed by atoms with Crippen LogP contribution >= 0.6 is 0 Å². The molecule has 1 N–H and O–H groups in total. The second kappa shape index (κ2) is 4.52. The third-order valence-corrected chi connectivity index (χ3v) is 3.97. The first-order valence-corrected chi connectivity index (χ1v) is 6.13. The van der Waals surface area contributed by atoms with Crippen LogP contribution in [0, 0.1) is 11.8 Å². The Hall–Kier alpha value is -0.570. The molecule has 15 heavy (non-hydrogen) atoms. The predicted octanol–water partition coefficient (Wildman–Crippen LogP) is 1.24. The Morgan fingerprint density at radius 1 is 1.20 bits per heavy atom. The monoisotopic (exact) mass is 210 g/mol. The average molecular weight is 210 g/mol. The van der Waals surface area contributed by atoms with E-state index in [1.165, 1.54) is 25.7 Å². The highest BCUT2D eigenvalue weighted by molar-refractivity contribution is 5.81. The summed E-state index contributed by atoms with van der Waals surface area (Å²) < 4.78 is 0. The molecule has 0 aromatic carbocycles. The van der Waals surface area contributed by atoms with Gasteiger partial charge in [0.15, 0.2) is 0 Å². The third kappa shape index (κ3) is 2.33. The molecule has 1 aliphatic heterocycles. The number of carbonyl (C=O) groups is 1. The van der Waals surface area contributed by atoms with Gasteiger partial charge < -0.3 is 10.2 Å². The van der Waals surface area contributed by atoms with Gasteiger partial charge in [0.05, 0.1) is 6.04 Å². The van der Waals surface area contributed by atoms with Gasteiger partial charge in [0.2, 0.25) is 5.91 Å². The first-order chi connectivity index (χ1) is 7.18. The molecule has 1 heterocycles. The van der Waals surface area contributed by atoms with Crippen molar-refractivity contribution in [1.29, 1.82) is 0 Å². The van der Waals surface area contributed by atoms with E-state index >= 15 is 0 Å². The van der Waals surface area contributed by atoms with Gasteiger partial charge in [0, 0.05) is 14.1 Å². The first kappa shape index (κ1) is 10.9. The quantitative estimate of drug-likeness (QED) is 0.706. The van der Waals surface area contributed by atoms with Gasteiger partial charge >= 0.3 is 0 Å². The lowest BCUT2D eigenvalue weighted by Crippen LogP contribution is -2.52. The van der Waals surface area contributed by atoms with Crippen molar-refractivity contribution < 1.29 is 4.79 Å². The Labute approximate surface area is 92.2 Å². The standard InChI is InChI=1S/C12H22N2O/c1-14(2)12(15)11-7-9-5-3-4-6-10(9)8-13-11/h9-11,13H,3-8H2,1-2H3. The number of hydrogen-bond acceptors (Lipinski definition) is 2. The zero-order chi connectivity index (χ0) is 10.8. The fourth-order valence-electron chi connectivity index (χ4n) is 3.04. The molecule has 2 fully saturated rings. The van der Waals surface area contributed by atoms with Gasteiger partial charge in [-0.15, -0.1) is 0 Å². The molecule has 2 rings (SSSR count). The molecule has 1 aliphatic carbocycles. The second-order valence-electron chi connectivity index (χ2n) is 5.23. The normalized spacial score (nSPS) is 35.7. The van der Waals surface area contributed by atoms with E-state index in [1.807, 2.05) is 14.1 Å². The van der Waals surface area contributed by atoms with Crippen molar-refractivity contribution in [2.75, 3.05) is 20.6 Å². The van der Waals surface area contributed by atoms with Crippen LogP contribution in [0.3, 0.4) is 0 Å². The van der Waals surface area contributed by atoms with Crippen LogP contribution in [0.2, 0.25) is 0 Å². The van der Waals surface area contributed by atoms with E-state index in [9.17, 15) is 4.79 Å². The number of amides is 1. The van der Waals surface area contributed by atoms with E-state index < -0.39 is 0 Å². The molecule has 0 spiro atoms. The zero-order valence-corrected chi connectivity index (χ0v) is 9.83. The van der Waals surface area contributed by atoms with Crippen molar-refractivity contribution >= 4 is 5.91 Å². The number of nitrogens with one attached hydrogen (secondary N) is 1. The van der Waals surface area contributed by atoms with E-state index in [1.54, 1.807) is 4.90 Å². The van der Waals surface area contributed by atoms with Crippen molar-refractivity contribution in [2.24, 2.45) is 11.8 Å². The summed E-state index contributed by atoms with van der Waals surface area (Å²) in [7, 11) is 3.69. The second-order valence-corrected chi connectivity index (χ2v) is 5.23. The van der Waals surface area contributed by atoms with Crippen LogP contribution < -0.4 is 5.32 Å². The first-order valence-electron chi connectivity index (χ1n) is 6.13. The van der Waals surface area contributed by atoms with Gasteiger partial charge in [-0.3, -0.25) is 4.79 Å².